The minimum atomic E-state index is -0.393. The first-order valence-electron chi connectivity index (χ1n) is 6.15. The zero-order valence-electron chi connectivity index (χ0n) is 11.1. The lowest BCUT2D eigenvalue weighted by atomic mass is 10.2. The molecule has 0 fully saturated rings. The molecule has 6 heteroatoms. The Balaban J connectivity index is 2.29. The molecular weight excluding hydrogens is 327 g/mol. The Morgan fingerprint density at radius 1 is 1.45 bits per heavy atom. The monoisotopic (exact) mass is 340 g/mol. The average molecular weight is 341 g/mol. The molecule has 0 bridgehead atoms. The molecule has 0 atom stereocenters. The van der Waals surface area contributed by atoms with Crippen LogP contribution >= 0.6 is 15.9 Å². The van der Waals surface area contributed by atoms with Crippen LogP contribution in [-0.2, 0) is 6.54 Å². The molecule has 0 radical (unpaired) electrons. The number of ether oxygens (including phenoxy) is 1. The molecule has 1 heterocycles. The lowest BCUT2D eigenvalue weighted by Gasteiger charge is -2.10. The second kappa shape index (κ2) is 6.17. The van der Waals surface area contributed by atoms with Gasteiger partial charge in [-0.25, -0.2) is 9.37 Å². The summed E-state index contributed by atoms with van der Waals surface area (Å²) in [6.45, 7) is 4.62. The molecular formula is C14H14BrFN2O2. The number of aromatic nitrogens is 2. The van der Waals surface area contributed by atoms with Crippen molar-refractivity contribution in [2.45, 2.75) is 20.4 Å². The summed E-state index contributed by atoms with van der Waals surface area (Å²) < 4.78 is 20.4. The quantitative estimate of drug-likeness (QED) is 0.854. The fourth-order valence-corrected chi connectivity index (χ4v) is 2.04. The van der Waals surface area contributed by atoms with Gasteiger partial charge in [0.2, 0.25) is 0 Å². The van der Waals surface area contributed by atoms with Gasteiger partial charge in [0.1, 0.15) is 11.6 Å². The normalized spacial score (nSPS) is 10.8. The van der Waals surface area contributed by atoms with Crippen molar-refractivity contribution in [1.82, 2.24) is 9.55 Å². The first kappa shape index (κ1) is 14.7. The third-order valence-corrected chi connectivity index (χ3v) is 3.16. The fourth-order valence-electron chi connectivity index (χ4n) is 1.69. The molecule has 4 nitrogen and oxygen atoms in total. The molecule has 2 aromatic rings. The largest absolute Gasteiger partial charge is 0.435 e. The van der Waals surface area contributed by atoms with Crippen LogP contribution in [0.1, 0.15) is 13.8 Å². The number of benzene rings is 1. The van der Waals surface area contributed by atoms with Gasteiger partial charge in [0, 0.05) is 18.9 Å². The van der Waals surface area contributed by atoms with Gasteiger partial charge < -0.3 is 9.30 Å². The Hall–Kier alpha value is -1.69. The standard InChI is InChI=1S/C14H14BrFN2O2/c1-9(2)8-18-6-5-17-13(14(18)19)20-10-3-4-12(16)11(15)7-10/h3-7,9H,8H2,1-2H3. The van der Waals surface area contributed by atoms with E-state index in [1.165, 1.54) is 24.4 Å². The van der Waals surface area contributed by atoms with Crippen LogP contribution in [0.15, 0.2) is 39.9 Å². The summed E-state index contributed by atoms with van der Waals surface area (Å²) in [5.74, 6) is 0.273. The van der Waals surface area contributed by atoms with Crippen LogP contribution in [0.25, 0.3) is 0 Å². The number of halogens is 2. The van der Waals surface area contributed by atoms with E-state index in [1.807, 2.05) is 13.8 Å². The Labute approximate surface area is 124 Å². The van der Waals surface area contributed by atoms with E-state index in [-0.39, 0.29) is 15.9 Å². The molecule has 0 aliphatic carbocycles. The van der Waals surface area contributed by atoms with Crippen LogP contribution in [0.5, 0.6) is 11.6 Å². The van der Waals surface area contributed by atoms with E-state index in [0.29, 0.717) is 18.2 Å². The van der Waals surface area contributed by atoms with Crippen molar-refractivity contribution >= 4 is 15.9 Å². The predicted molar refractivity (Wildman–Crippen MR) is 77.5 cm³/mol. The summed E-state index contributed by atoms with van der Waals surface area (Å²) in [4.78, 5) is 16.1. The van der Waals surface area contributed by atoms with E-state index in [1.54, 1.807) is 10.8 Å². The van der Waals surface area contributed by atoms with Gasteiger partial charge in [0.15, 0.2) is 0 Å². The zero-order valence-corrected chi connectivity index (χ0v) is 12.7. The molecule has 20 heavy (non-hydrogen) atoms. The Bertz CT molecular complexity index is 670. The smallest absolute Gasteiger partial charge is 0.313 e. The maximum Gasteiger partial charge on any atom is 0.313 e. The van der Waals surface area contributed by atoms with Crippen molar-refractivity contribution in [3.8, 4) is 11.6 Å². The Kier molecular flexibility index (Phi) is 4.54. The van der Waals surface area contributed by atoms with Crippen molar-refractivity contribution in [3.63, 3.8) is 0 Å². The molecule has 1 aromatic carbocycles. The van der Waals surface area contributed by atoms with Gasteiger partial charge in [-0.1, -0.05) is 13.8 Å². The summed E-state index contributed by atoms with van der Waals surface area (Å²) in [5.41, 5.74) is -0.304. The van der Waals surface area contributed by atoms with E-state index in [4.69, 9.17) is 4.74 Å². The van der Waals surface area contributed by atoms with E-state index >= 15 is 0 Å². The van der Waals surface area contributed by atoms with Crippen molar-refractivity contribution in [3.05, 3.63) is 51.2 Å². The van der Waals surface area contributed by atoms with Crippen LogP contribution < -0.4 is 10.3 Å². The van der Waals surface area contributed by atoms with E-state index in [0.717, 1.165) is 0 Å². The summed E-state index contributed by atoms with van der Waals surface area (Å²) in [7, 11) is 0. The third-order valence-electron chi connectivity index (χ3n) is 2.55. The van der Waals surface area contributed by atoms with Gasteiger partial charge in [-0.15, -0.1) is 0 Å². The van der Waals surface area contributed by atoms with Crippen molar-refractivity contribution in [2.24, 2.45) is 5.92 Å². The third kappa shape index (κ3) is 3.45. The molecule has 0 N–H and O–H groups in total. The number of hydrogen-bond donors (Lipinski definition) is 0. The zero-order chi connectivity index (χ0) is 14.7. The first-order chi connectivity index (χ1) is 9.47. The summed E-state index contributed by atoms with van der Waals surface area (Å²) in [5, 5.41) is 0. The predicted octanol–water partition coefficient (Wildman–Crippen LogP) is 3.59. The summed E-state index contributed by atoms with van der Waals surface area (Å²) >= 11 is 3.07. The van der Waals surface area contributed by atoms with Crippen LogP contribution in [0.2, 0.25) is 0 Å². The van der Waals surface area contributed by atoms with Crippen LogP contribution in [-0.4, -0.2) is 9.55 Å². The maximum atomic E-state index is 13.1. The van der Waals surface area contributed by atoms with Crippen LogP contribution in [0, 0.1) is 11.7 Å². The molecule has 0 amide bonds. The highest BCUT2D eigenvalue weighted by molar-refractivity contribution is 9.10. The highest BCUT2D eigenvalue weighted by Gasteiger charge is 2.09. The summed E-state index contributed by atoms with van der Waals surface area (Å²) in [6.07, 6.45) is 3.13. The van der Waals surface area contributed by atoms with E-state index in [9.17, 15) is 9.18 Å². The van der Waals surface area contributed by atoms with Crippen molar-refractivity contribution in [2.75, 3.05) is 0 Å². The van der Waals surface area contributed by atoms with Gasteiger partial charge in [-0.3, -0.25) is 4.79 Å². The second-order valence-electron chi connectivity index (χ2n) is 4.76. The molecule has 2 rings (SSSR count). The summed E-state index contributed by atoms with van der Waals surface area (Å²) in [6, 6.07) is 4.16. The lowest BCUT2D eigenvalue weighted by Crippen LogP contribution is -2.23. The Morgan fingerprint density at radius 2 is 2.20 bits per heavy atom. The topological polar surface area (TPSA) is 44.1 Å². The molecule has 0 aliphatic rings. The molecule has 106 valence electrons. The lowest BCUT2D eigenvalue weighted by molar-refractivity contribution is 0.431. The highest BCUT2D eigenvalue weighted by atomic mass is 79.9. The average Bonchev–Trinajstić information content (AvgIpc) is 2.38. The van der Waals surface area contributed by atoms with Gasteiger partial charge in [-0.05, 0) is 40.0 Å². The number of nitrogens with zero attached hydrogens (tertiary/aromatic N) is 2. The van der Waals surface area contributed by atoms with Gasteiger partial charge in [-0.2, -0.15) is 0 Å². The minimum absolute atomic E-state index is 0.0216. The SMILES string of the molecule is CC(C)Cn1ccnc(Oc2ccc(F)c(Br)c2)c1=O. The molecule has 0 saturated heterocycles. The first-order valence-corrected chi connectivity index (χ1v) is 6.95. The van der Waals surface area contributed by atoms with E-state index < -0.39 is 5.82 Å². The molecule has 0 unspecified atom stereocenters. The second-order valence-corrected chi connectivity index (χ2v) is 5.62. The van der Waals surface area contributed by atoms with Crippen LogP contribution in [0.4, 0.5) is 4.39 Å². The minimum Gasteiger partial charge on any atom is -0.435 e. The molecule has 0 spiro atoms. The number of hydrogen-bond acceptors (Lipinski definition) is 3. The van der Waals surface area contributed by atoms with Crippen molar-refractivity contribution in [1.29, 1.82) is 0 Å². The van der Waals surface area contributed by atoms with Crippen molar-refractivity contribution < 1.29 is 9.13 Å². The van der Waals surface area contributed by atoms with Gasteiger partial charge in [0.05, 0.1) is 4.47 Å². The maximum absolute atomic E-state index is 13.1. The fraction of sp³-hybridized carbons (Fsp3) is 0.286. The van der Waals surface area contributed by atoms with Gasteiger partial charge >= 0.3 is 5.56 Å². The highest BCUT2D eigenvalue weighted by Crippen LogP contribution is 2.24. The Morgan fingerprint density at radius 3 is 2.85 bits per heavy atom. The van der Waals surface area contributed by atoms with Crippen LogP contribution in [0.3, 0.4) is 0 Å². The van der Waals surface area contributed by atoms with Gasteiger partial charge in [0.25, 0.3) is 5.88 Å². The molecule has 0 saturated carbocycles. The van der Waals surface area contributed by atoms with E-state index in [2.05, 4.69) is 20.9 Å². The molecule has 1 aromatic heterocycles. The number of rotatable bonds is 4. The molecule has 0 aliphatic heterocycles.